The van der Waals surface area contributed by atoms with Gasteiger partial charge in [-0.2, -0.15) is 0 Å². The molecule has 1 atom stereocenters. The Morgan fingerprint density at radius 2 is 1.76 bits per heavy atom. The highest BCUT2D eigenvalue weighted by molar-refractivity contribution is 5.95. The third-order valence-corrected chi connectivity index (χ3v) is 4.82. The van der Waals surface area contributed by atoms with Crippen LogP contribution in [0.4, 0.5) is 0 Å². The van der Waals surface area contributed by atoms with Crippen LogP contribution in [0.2, 0.25) is 0 Å². The maximum Gasteiger partial charge on any atom is 0.254 e. The van der Waals surface area contributed by atoms with Gasteiger partial charge in [0.15, 0.2) is 11.5 Å². The summed E-state index contributed by atoms with van der Waals surface area (Å²) >= 11 is 0. The van der Waals surface area contributed by atoms with Gasteiger partial charge < -0.3 is 24.6 Å². The zero-order valence-corrected chi connectivity index (χ0v) is 13.7. The van der Waals surface area contributed by atoms with Crippen LogP contribution in [0.3, 0.4) is 0 Å². The van der Waals surface area contributed by atoms with Crippen LogP contribution in [0.25, 0.3) is 0 Å². The lowest BCUT2D eigenvalue weighted by Crippen LogP contribution is -2.52. The summed E-state index contributed by atoms with van der Waals surface area (Å²) in [6.45, 7) is 2.51. The van der Waals surface area contributed by atoms with Gasteiger partial charge in [0.1, 0.15) is 0 Å². The van der Waals surface area contributed by atoms with Gasteiger partial charge in [0.05, 0.1) is 5.92 Å². The number of hydrogen-bond acceptors (Lipinski definition) is 5. The number of carbonyl (C=O) groups is 3. The molecular formula is C17H19N3O5. The van der Waals surface area contributed by atoms with Crippen molar-refractivity contribution in [3.05, 3.63) is 23.8 Å². The lowest BCUT2D eigenvalue weighted by Gasteiger charge is -2.35. The van der Waals surface area contributed by atoms with Crippen molar-refractivity contribution in [2.75, 3.05) is 39.5 Å². The van der Waals surface area contributed by atoms with Gasteiger partial charge in [-0.25, -0.2) is 0 Å². The molecule has 0 saturated carbocycles. The number of carbonyl (C=O) groups excluding carboxylic acids is 3. The van der Waals surface area contributed by atoms with Gasteiger partial charge in [0.25, 0.3) is 5.91 Å². The number of benzene rings is 1. The van der Waals surface area contributed by atoms with Crippen LogP contribution in [0.15, 0.2) is 18.2 Å². The first-order valence-electron chi connectivity index (χ1n) is 8.36. The molecule has 0 spiro atoms. The monoisotopic (exact) mass is 345 g/mol. The Morgan fingerprint density at radius 1 is 1.04 bits per heavy atom. The number of ether oxygens (including phenoxy) is 2. The van der Waals surface area contributed by atoms with Crippen LogP contribution in [0, 0.1) is 5.92 Å². The highest BCUT2D eigenvalue weighted by Gasteiger charge is 2.33. The maximum atomic E-state index is 12.6. The average molecular weight is 345 g/mol. The molecule has 2 fully saturated rings. The van der Waals surface area contributed by atoms with E-state index in [4.69, 9.17) is 9.47 Å². The number of amides is 3. The normalized spacial score (nSPS) is 22.1. The van der Waals surface area contributed by atoms with Crippen molar-refractivity contribution in [2.24, 2.45) is 5.92 Å². The van der Waals surface area contributed by atoms with Gasteiger partial charge >= 0.3 is 0 Å². The lowest BCUT2D eigenvalue weighted by atomic mass is 10.1. The zero-order valence-electron chi connectivity index (χ0n) is 13.7. The van der Waals surface area contributed by atoms with E-state index in [2.05, 4.69) is 5.32 Å². The Balaban J connectivity index is 1.36. The number of nitrogens with zero attached hydrogens (tertiary/aromatic N) is 2. The molecule has 132 valence electrons. The Kier molecular flexibility index (Phi) is 3.95. The van der Waals surface area contributed by atoms with E-state index < -0.39 is 0 Å². The van der Waals surface area contributed by atoms with Crippen molar-refractivity contribution in [3.8, 4) is 11.5 Å². The smallest absolute Gasteiger partial charge is 0.254 e. The van der Waals surface area contributed by atoms with Crippen LogP contribution >= 0.6 is 0 Å². The quantitative estimate of drug-likeness (QED) is 0.804. The van der Waals surface area contributed by atoms with E-state index in [0.717, 1.165) is 0 Å². The lowest BCUT2D eigenvalue weighted by molar-refractivity contribution is -0.137. The summed E-state index contributed by atoms with van der Waals surface area (Å²) in [7, 11) is 0. The fourth-order valence-corrected chi connectivity index (χ4v) is 3.38. The van der Waals surface area contributed by atoms with E-state index in [-0.39, 0.29) is 36.9 Å². The number of nitrogens with one attached hydrogen (secondary N) is 1. The second-order valence-corrected chi connectivity index (χ2v) is 6.39. The molecule has 1 unspecified atom stereocenters. The van der Waals surface area contributed by atoms with Crippen molar-refractivity contribution < 1.29 is 23.9 Å². The molecule has 0 aliphatic carbocycles. The topological polar surface area (TPSA) is 88.2 Å². The van der Waals surface area contributed by atoms with Crippen molar-refractivity contribution in [2.45, 2.75) is 6.42 Å². The molecule has 8 heteroatoms. The van der Waals surface area contributed by atoms with Crippen LogP contribution in [0.5, 0.6) is 11.5 Å². The van der Waals surface area contributed by atoms with Crippen LogP contribution < -0.4 is 14.8 Å². The first-order chi connectivity index (χ1) is 12.1. The zero-order chi connectivity index (χ0) is 17.4. The molecule has 1 N–H and O–H groups in total. The molecule has 3 aliphatic heterocycles. The SMILES string of the molecule is O=C1CC(C(=O)N2CCN(C(=O)c3ccc4c(c3)OCO4)CC2)CN1. The average Bonchev–Trinajstić information content (AvgIpc) is 3.28. The molecular weight excluding hydrogens is 326 g/mol. The molecule has 0 radical (unpaired) electrons. The number of piperazine rings is 1. The molecule has 8 nitrogen and oxygen atoms in total. The third kappa shape index (κ3) is 2.99. The Labute approximate surface area is 144 Å². The summed E-state index contributed by atoms with van der Waals surface area (Å²) in [5.74, 6) is 0.792. The second kappa shape index (κ2) is 6.27. The van der Waals surface area contributed by atoms with Crippen LogP contribution in [0.1, 0.15) is 16.8 Å². The summed E-state index contributed by atoms with van der Waals surface area (Å²) in [6.07, 6.45) is 0.259. The standard InChI is InChI=1S/C17H19N3O5/c21-15-8-12(9-18-15)17(23)20-5-3-19(4-6-20)16(22)11-1-2-13-14(7-11)25-10-24-13/h1-2,7,12H,3-6,8-10H2,(H,18,21). The van der Waals surface area contributed by atoms with Crippen LogP contribution in [-0.4, -0.2) is 67.0 Å². The summed E-state index contributed by atoms with van der Waals surface area (Å²) in [4.78, 5) is 39.8. The largest absolute Gasteiger partial charge is 0.454 e. The summed E-state index contributed by atoms with van der Waals surface area (Å²) in [6, 6.07) is 5.15. The fraction of sp³-hybridized carbons (Fsp3) is 0.471. The molecule has 0 bridgehead atoms. The summed E-state index contributed by atoms with van der Waals surface area (Å²) in [5.41, 5.74) is 0.551. The van der Waals surface area contributed by atoms with Gasteiger partial charge in [0, 0.05) is 44.7 Å². The second-order valence-electron chi connectivity index (χ2n) is 6.39. The van der Waals surface area contributed by atoms with E-state index in [1.165, 1.54) is 0 Å². The molecule has 3 aliphatic rings. The minimum atomic E-state index is -0.274. The molecule has 2 saturated heterocycles. The maximum absolute atomic E-state index is 12.6. The predicted octanol–water partition coefficient (Wildman–Crippen LogP) is -0.164. The minimum absolute atomic E-state index is 0.00599. The Bertz CT molecular complexity index is 727. The van der Waals surface area contributed by atoms with Gasteiger partial charge in [-0.1, -0.05) is 0 Å². The van der Waals surface area contributed by atoms with Crippen molar-refractivity contribution in [1.29, 1.82) is 0 Å². The fourth-order valence-electron chi connectivity index (χ4n) is 3.38. The minimum Gasteiger partial charge on any atom is -0.454 e. The van der Waals surface area contributed by atoms with Gasteiger partial charge in [-0.3, -0.25) is 14.4 Å². The van der Waals surface area contributed by atoms with Crippen molar-refractivity contribution in [1.82, 2.24) is 15.1 Å². The Morgan fingerprint density at radius 3 is 2.48 bits per heavy atom. The van der Waals surface area contributed by atoms with E-state index in [0.29, 0.717) is 49.8 Å². The number of hydrogen-bond donors (Lipinski definition) is 1. The molecule has 0 aromatic heterocycles. The van der Waals surface area contributed by atoms with Gasteiger partial charge in [-0.15, -0.1) is 0 Å². The highest BCUT2D eigenvalue weighted by Crippen LogP contribution is 2.32. The summed E-state index contributed by atoms with van der Waals surface area (Å²) < 4.78 is 10.6. The van der Waals surface area contributed by atoms with Crippen LogP contribution in [-0.2, 0) is 9.59 Å². The third-order valence-electron chi connectivity index (χ3n) is 4.82. The van der Waals surface area contributed by atoms with Crippen molar-refractivity contribution in [3.63, 3.8) is 0 Å². The predicted molar refractivity (Wildman–Crippen MR) is 86.2 cm³/mol. The molecule has 4 rings (SSSR count). The van der Waals surface area contributed by atoms with E-state index in [9.17, 15) is 14.4 Å². The molecule has 3 heterocycles. The molecule has 25 heavy (non-hydrogen) atoms. The number of rotatable bonds is 2. The molecule has 1 aromatic rings. The first kappa shape index (κ1) is 15.7. The van der Waals surface area contributed by atoms with Crippen molar-refractivity contribution >= 4 is 17.7 Å². The van der Waals surface area contributed by atoms with E-state index in [1.54, 1.807) is 28.0 Å². The van der Waals surface area contributed by atoms with Gasteiger partial charge in [-0.05, 0) is 18.2 Å². The van der Waals surface area contributed by atoms with E-state index in [1.807, 2.05) is 0 Å². The first-order valence-corrected chi connectivity index (χ1v) is 8.36. The summed E-state index contributed by atoms with van der Waals surface area (Å²) in [5, 5.41) is 2.69. The molecule has 3 amide bonds. The Hall–Kier alpha value is -2.77. The number of fused-ring (bicyclic) bond motifs is 1. The highest BCUT2D eigenvalue weighted by atomic mass is 16.7. The van der Waals surface area contributed by atoms with Gasteiger partial charge in [0.2, 0.25) is 18.6 Å². The molecule has 1 aromatic carbocycles. The van der Waals surface area contributed by atoms with E-state index >= 15 is 0 Å².